The predicted octanol–water partition coefficient (Wildman–Crippen LogP) is 2.88. The summed E-state index contributed by atoms with van der Waals surface area (Å²) in [6.45, 7) is 2.52. The Kier molecular flexibility index (Phi) is 7.12. The first-order valence-corrected chi connectivity index (χ1v) is 10.0. The van der Waals surface area contributed by atoms with Crippen LogP contribution in [0.2, 0.25) is 0 Å². The van der Waals surface area contributed by atoms with E-state index in [0.717, 1.165) is 31.2 Å². The van der Waals surface area contributed by atoms with Crippen LogP contribution in [0.1, 0.15) is 38.2 Å². The zero-order valence-electron chi connectivity index (χ0n) is 16.9. The molecule has 0 radical (unpaired) electrons. The van der Waals surface area contributed by atoms with Crippen LogP contribution < -0.4 is 21.7 Å². The first-order valence-electron chi connectivity index (χ1n) is 10.0. The van der Waals surface area contributed by atoms with E-state index in [0.29, 0.717) is 30.6 Å². The molecule has 0 atom stereocenters. The van der Waals surface area contributed by atoms with E-state index in [-0.39, 0.29) is 23.5 Å². The molecule has 10 nitrogen and oxygen atoms in total. The lowest BCUT2D eigenvalue weighted by molar-refractivity contribution is -0.384. The maximum Gasteiger partial charge on any atom is 0.329 e. The van der Waals surface area contributed by atoms with Crippen molar-refractivity contribution in [2.75, 3.05) is 22.5 Å². The van der Waals surface area contributed by atoms with Crippen molar-refractivity contribution in [2.45, 2.75) is 45.2 Å². The van der Waals surface area contributed by atoms with Crippen molar-refractivity contribution in [1.82, 2.24) is 9.97 Å². The number of nitrogens with one attached hydrogen (secondary N) is 3. The van der Waals surface area contributed by atoms with Gasteiger partial charge in [-0.05, 0) is 49.3 Å². The number of hydrogen-bond donors (Lipinski definition) is 4. The number of nitrogens with two attached hydrogens (primary N) is 1. The smallest absolute Gasteiger partial charge is 0.329 e. The van der Waals surface area contributed by atoms with Gasteiger partial charge in [0.15, 0.2) is 0 Å². The van der Waals surface area contributed by atoms with Crippen LogP contribution in [0, 0.1) is 16.0 Å². The summed E-state index contributed by atoms with van der Waals surface area (Å²) in [5.41, 5.74) is 7.47. The lowest BCUT2D eigenvalue weighted by Gasteiger charge is -2.26. The van der Waals surface area contributed by atoms with E-state index in [1.807, 2.05) is 12.1 Å². The van der Waals surface area contributed by atoms with Crippen molar-refractivity contribution in [3.63, 3.8) is 0 Å². The summed E-state index contributed by atoms with van der Waals surface area (Å²) >= 11 is 0. The third kappa shape index (κ3) is 6.11. The van der Waals surface area contributed by atoms with Gasteiger partial charge in [-0.25, -0.2) is 4.98 Å². The van der Waals surface area contributed by atoms with E-state index < -0.39 is 4.92 Å². The van der Waals surface area contributed by atoms with E-state index >= 15 is 0 Å². The lowest BCUT2D eigenvalue weighted by Crippen LogP contribution is -2.29. The molecule has 1 aliphatic carbocycles. The molecule has 1 heterocycles. The average Bonchev–Trinajstić information content (AvgIpc) is 2.72. The fourth-order valence-electron chi connectivity index (χ4n) is 3.45. The Hall–Kier alpha value is -3.27. The molecule has 0 bridgehead atoms. The molecule has 1 aliphatic rings. The highest BCUT2D eigenvalue weighted by Gasteiger charge is 2.21. The molecule has 0 spiro atoms. The molecule has 1 aromatic heterocycles. The minimum Gasteiger partial charge on any atom is -0.364 e. The zero-order chi connectivity index (χ0) is 21.5. The Bertz CT molecular complexity index is 880. The summed E-state index contributed by atoms with van der Waals surface area (Å²) in [5, 5.41) is 20.3. The van der Waals surface area contributed by atoms with Crippen molar-refractivity contribution >= 4 is 29.0 Å². The number of amides is 1. The standard InChI is InChI=1S/C20H27N7O3/c1-13(28)25-17-8-4-15(5-9-17)11-23-20-24-12-18(27(29)30)19(26-20)22-10-14-2-6-16(21)7-3-14/h4-5,8-9,12,14,16H,2-3,6-7,10-11,21H2,1H3,(H,25,28)(H2,22,23,24,26). The normalized spacial score (nSPS) is 18.5. The predicted molar refractivity (Wildman–Crippen MR) is 115 cm³/mol. The number of carbonyl (C=O) groups is 1. The summed E-state index contributed by atoms with van der Waals surface area (Å²) in [6, 6.07) is 7.61. The second kappa shape index (κ2) is 9.97. The summed E-state index contributed by atoms with van der Waals surface area (Å²) in [4.78, 5) is 30.3. The molecule has 1 aromatic carbocycles. The molecule has 10 heteroatoms. The van der Waals surface area contributed by atoms with Gasteiger partial charge in [-0.1, -0.05) is 12.1 Å². The van der Waals surface area contributed by atoms with E-state index in [1.165, 1.54) is 13.1 Å². The molecule has 1 fully saturated rings. The molecule has 1 saturated carbocycles. The minimum absolute atomic E-state index is 0.128. The van der Waals surface area contributed by atoms with Crippen LogP contribution in [0.3, 0.4) is 0 Å². The summed E-state index contributed by atoms with van der Waals surface area (Å²) in [5.74, 6) is 0.822. The van der Waals surface area contributed by atoms with Gasteiger partial charge in [0.25, 0.3) is 0 Å². The number of rotatable bonds is 8. The van der Waals surface area contributed by atoms with E-state index in [2.05, 4.69) is 25.9 Å². The van der Waals surface area contributed by atoms with Gasteiger partial charge in [-0.2, -0.15) is 4.98 Å². The largest absolute Gasteiger partial charge is 0.364 e. The summed E-state index contributed by atoms with van der Waals surface area (Å²) in [6.07, 6.45) is 5.19. The van der Waals surface area contributed by atoms with Gasteiger partial charge in [-0.15, -0.1) is 0 Å². The van der Waals surface area contributed by atoms with E-state index in [4.69, 9.17) is 5.73 Å². The molecular weight excluding hydrogens is 386 g/mol. The van der Waals surface area contributed by atoms with Crippen LogP contribution in [-0.4, -0.2) is 33.4 Å². The maximum atomic E-state index is 11.3. The van der Waals surface area contributed by atoms with Crippen molar-refractivity contribution in [1.29, 1.82) is 0 Å². The highest BCUT2D eigenvalue weighted by molar-refractivity contribution is 5.88. The van der Waals surface area contributed by atoms with Gasteiger partial charge in [0.1, 0.15) is 6.20 Å². The Morgan fingerprint density at radius 1 is 1.20 bits per heavy atom. The molecule has 0 aliphatic heterocycles. The third-order valence-electron chi connectivity index (χ3n) is 5.14. The molecule has 1 amide bonds. The van der Waals surface area contributed by atoms with Gasteiger partial charge in [0.05, 0.1) is 4.92 Å². The Balaban J connectivity index is 1.61. The minimum atomic E-state index is -0.482. The Labute approximate surface area is 174 Å². The van der Waals surface area contributed by atoms with Crippen molar-refractivity contribution in [3.8, 4) is 0 Å². The molecule has 5 N–H and O–H groups in total. The summed E-state index contributed by atoms with van der Waals surface area (Å²) in [7, 11) is 0. The zero-order valence-corrected chi connectivity index (χ0v) is 16.9. The monoisotopic (exact) mass is 413 g/mol. The maximum absolute atomic E-state index is 11.3. The van der Waals surface area contributed by atoms with Crippen molar-refractivity contribution in [3.05, 3.63) is 46.1 Å². The third-order valence-corrected chi connectivity index (χ3v) is 5.14. The molecule has 2 aromatic rings. The number of carbonyl (C=O) groups excluding carboxylic acids is 1. The Morgan fingerprint density at radius 2 is 1.90 bits per heavy atom. The highest BCUT2D eigenvalue weighted by atomic mass is 16.6. The van der Waals surface area contributed by atoms with E-state index in [1.54, 1.807) is 12.1 Å². The highest BCUT2D eigenvalue weighted by Crippen LogP contribution is 2.26. The van der Waals surface area contributed by atoms with Crippen LogP contribution in [0.15, 0.2) is 30.5 Å². The lowest BCUT2D eigenvalue weighted by atomic mass is 9.86. The van der Waals surface area contributed by atoms with Crippen LogP contribution in [0.5, 0.6) is 0 Å². The second-order valence-corrected chi connectivity index (χ2v) is 7.58. The molecule has 0 saturated heterocycles. The number of aromatic nitrogens is 2. The van der Waals surface area contributed by atoms with Crippen molar-refractivity contribution in [2.24, 2.45) is 11.7 Å². The molecular formula is C20H27N7O3. The first kappa shape index (κ1) is 21.4. The van der Waals surface area contributed by atoms with Crippen LogP contribution >= 0.6 is 0 Å². The Morgan fingerprint density at radius 3 is 2.53 bits per heavy atom. The van der Waals surface area contributed by atoms with Gasteiger partial charge in [-0.3, -0.25) is 14.9 Å². The van der Waals surface area contributed by atoms with Gasteiger partial charge >= 0.3 is 5.69 Å². The van der Waals surface area contributed by atoms with Crippen LogP contribution in [-0.2, 0) is 11.3 Å². The second-order valence-electron chi connectivity index (χ2n) is 7.58. The van der Waals surface area contributed by atoms with Gasteiger partial charge < -0.3 is 21.7 Å². The fourth-order valence-corrected chi connectivity index (χ4v) is 3.45. The van der Waals surface area contributed by atoms with Gasteiger partial charge in [0.2, 0.25) is 17.7 Å². The average molecular weight is 413 g/mol. The molecule has 160 valence electrons. The number of hydrogen-bond acceptors (Lipinski definition) is 8. The van der Waals surface area contributed by atoms with Crippen molar-refractivity contribution < 1.29 is 9.72 Å². The summed E-state index contributed by atoms with van der Waals surface area (Å²) < 4.78 is 0. The van der Waals surface area contributed by atoms with E-state index in [9.17, 15) is 14.9 Å². The number of anilines is 3. The first-order chi connectivity index (χ1) is 14.4. The van der Waals surface area contributed by atoms with Gasteiger partial charge in [0, 0.05) is 31.7 Å². The quantitative estimate of drug-likeness (QED) is 0.381. The number of benzene rings is 1. The van der Waals surface area contributed by atoms with Crippen LogP contribution in [0.4, 0.5) is 23.1 Å². The topological polar surface area (TPSA) is 148 Å². The fraction of sp³-hybridized carbons (Fsp3) is 0.450. The van der Waals surface area contributed by atoms with Crippen LogP contribution in [0.25, 0.3) is 0 Å². The molecule has 3 rings (SSSR count). The SMILES string of the molecule is CC(=O)Nc1ccc(CNc2ncc([N+](=O)[O-])c(NCC3CCC(N)CC3)n2)cc1. The molecule has 0 unspecified atom stereocenters. The number of nitrogens with zero attached hydrogens (tertiary/aromatic N) is 3. The number of nitro groups is 1. The molecule has 30 heavy (non-hydrogen) atoms.